The Kier molecular flexibility index (Phi) is 6.19. The van der Waals surface area contributed by atoms with Gasteiger partial charge in [-0.1, -0.05) is 28.1 Å². The van der Waals surface area contributed by atoms with E-state index in [4.69, 9.17) is 0 Å². The molecule has 1 heterocycles. The molecule has 2 aromatic rings. The van der Waals surface area contributed by atoms with Crippen LogP contribution in [-0.2, 0) is 17.4 Å². The second kappa shape index (κ2) is 8.14. The summed E-state index contributed by atoms with van der Waals surface area (Å²) in [6, 6.07) is 9.67. The Morgan fingerprint density at radius 2 is 1.96 bits per heavy atom. The molecular formula is C16H15BrF3N3O. The number of anilines is 1. The summed E-state index contributed by atoms with van der Waals surface area (Å²) in [5, 5.41) is 5.58. The summed E-state index contributed by atoms with van der Waals surface area (Å²) in [7, 11) is 0. The van der Waals surface area contributed by atoms with Crippen molar-refractivity contribution in [3.63, 3.8) is 0 Å². The van der Waals surface area contributed by atoms with Gasteiger partial charge in [-0.2, -0.15) is 13.2 Å². The first-order chi connectivity index (χ1) is 11.3. The van der Waals surface area contributed by atoms with Crippen molar-refractivity contribution < 1.29 is 18.0 Å². The molecule has 8 heteroatoms. The molecular weight excluding hydrogens is 387 g/mol. The Morgan fingerprint density at radius 1 is 1.17 bits per heavy atom. The van der Waals surface area contributed by atoms with Gasteiger partial charge in [-0.3, -0.25) is 4.79 Å². The quantitative estimate of drug-likeness (QED) is 0.726. The standard InChI is InChI=1S/C16H15BrF3N3O/c17-13-3-1-2-11(8-13)9-15(24)22-7-6-21-14-5-4-12(10-23-14)16(18,19)20/h1-5,8,10H,6-7,9H2,(H,21,23)(H,22,24). The van der Waals surface area contributed by atoms with Gasteiger partial charge in [-0.15, -0.1) is 0 Å². The maximum atomic E-state index is 12.4. The van der Waals surface area contributed by atoms with Gasteiger partial charge in [-0.25, -0.2) is 4.98 Å². The van der Waals surface area contributed by atoms with E-state index in [9.17, 15) is 18.0 Å². The number of alkyl halides is 3. The molecule has 0 aliphatic rings. The van der Waals surface area contributed by atoms with Crippen molar-refractivity contribution in [3.05, 3.63) is 58.2 Å². The average Bonchev–Trinajstić information content (AvgIpc) is 2.51. The van der Waals surface area contributed by atoms with E-state index in [2.05, 4.69) is 31.5 Å². The minimum absolute atomic E-state index is 0.129. The molecule has 0 saturated heterocycles. The van der Waals surface area contributed by atoms with Gasteiger partial charge in [0.15, 0.2) is 0 Å². The van der Waals surface area contributed by atoms with Crippen molar-refractivity contribution in [2.75, 3.05) is 18.4 Å². The van der Waals surface area contributed by atoms with Gasteiger partial charge in [0, 0.05) is 23.8 Å². The highest BCUT2D eigenvalue weighted by atomic mass is 79.9. The van der Waals surface area contributed by atoms with Crippen molar-refractivity contribution in [1.82, 2.24) is 10.3 Å². The van der Waals surface area contributed by atoms with Gasteiger partial charge in [-0.05, 0) is 29.8 Å². The topological polar surface area (TPSA) is 54.0 Å². The summed E-state index contributed by atoms with van der Waals surface area (Å²) in [4.78, 5) is 15.5. The third-order valence-electron chi connectivity index (χ3n) is 3.10. The first-order valence-corrected chi connectivity index (χ1v) is 7.92. The Morgan fingerprint density at radius 3 is 2.58 bits per heavy atom. The lowest BCUT2D eigenvalue weighted by atomic mass is 10.1. The Bertz CT molecular complexity index is 690. The molecule has 1 aromatic carbocycles. The number of nitrogens with one attached hydrogen (secondary N) is 2. The molecule has 0 radical (unpaired) electrons. The van der Waals surface area contributed by atoms with Crippen LogP contribution in [0.25, 0.3) is 0 Å². The van der Waals surface area contributed by atoms with E-state index in [0.29, 0.717) is 18.9 Å². The van der Waals surface area contributed by atoms with Crippen molar-refractivity contribution in [2.24, 2.45) is 0 Å². The molecule has 0 unspecified atom stereocenters. The van der Waals surface area contributed by atoms with Crippen LogP contribution >= 0.6 is 15.9 Å². The summed E-state index contributed by atoms with van der Waals surface area (Å²) >= 11 is 3.34. The zero-order chi connectivity index (χ0) is 17.6. The molecule has 0 spiro atoms. The van der Waals surface area contributed by atoms with Crippen molar-refractivity contribution in [1.29, 1.82) is 0 Å². The lowest BCUT2D eigenvalue weighted by Gasteiger charge is -2.09. The number of carbonyl (C=O) groups excluding carboxylic acids is 1. The molecule has 2 N–H and O–H groups in total. The minimum atomic E-state index is -4.40. The van der Waals surface area contributed by atoms with Gasteiger partial charge in [0.05, 0.1) is 12.0 Å². The number of amides is 1. The molecule has 128 valence electrons. The summed E-state index contributed by atoms with van der Waals surface area (Å²) in [6.07, 6.45) is -3.36. The number of carbonyl (C=O) groups is 1. The molecule has 1 aromatic heterocycles. The second-order valence-electron chi connectivity index (χ2n) is 5.01. The maximum absolute atomic E-state index is 12.4. The van der Waals surface area contributed by atoms with Crippen molar-refractivity contribution in [3.8, 4) is 0 Å². The number of hydrogen-bond acceptors (Lipinski definition) is 3. The molecule has 24 heavy (non-hydrogen) atoms. The summed E-state index contributed by atoms with van der Waals surface area (Å²) in [5.74, 6) is 0.194. The van der Waals surface area contributed by atoms with Crippen molar-refractivity contribution in [2.45, 2.75) is 12.6 Å². The number of halogens is 4. The second-order valence-corrected chi connectivity index (χ2v) is 5.93. The molecule has 0 saturated carbocycles. The highest BCUT2D eigenvalue weighted by Crippen LogP contribution is 2.28. The van der Waals surface area contributed by atoms with Gasteiger partial charge in [0.2, 0.25) is 5.91 Å². The zero-order valence-corrected chi connectivity index (χ0v) is 14.1. The summed E-state index contributed by atoms with van der Waals surface area (Å²) in [6.45, 7) is 0.706. The first-order valence-electron chi connectivity index (χ1n) is 7.13. The average molecular weight is 402 g/mol. The van der Waals surface area contributed by atoms with E-state index in [1.807, 2.05) is 24.3 Å². The maximum Gasteiger partial charge on any atom is 0.417 e. The van der Waals surface area contributed by atoms with Crippen LogP contribution in [0.5, 0.6) is 0 Å². The largest absolute Gasteiger partial charge is 0.417 e. The Hall–Kier alpha value is -2.09. The Labute approximate surface area is 145 Å². The molecule has 0 fully saturated rings. The van der Waals surface area contributed by atoms with E-state index in [0.717, 1.165) is 22.3 Å². The number of nitrogens with zero attached hydrogens (tertiary/aromatic N) is 1. The number of hydrogen-bond donors (Lipinski definition) is 2. The lowest BCUT2D eigenvalue weighted by molar-refractivity contribution is -0.137. The van der Waals surface area contributed by atoms with Crippen LogP contribution in [0.3, 0.4) is 0 Å². The monoisotopic (exact) mass is 401 g/mol. The number of pyridine rings is 1. The summed E-state index contributed by atoms with van der Waals surface area (Å²) in [5.41, 5.74) is 0.0922. The predicted molar refractivity (Wildman–Crippen MR) is 88.6 cm³/mol. The molecule has 0 aliphatic carbocycles. The van der Waals surface area contributed by atoms with Crippen molar-refractivity contribution >= 4 is 27.7 Å². The lowest BCUT2D eigenvalue weighted by Crippen LogP contribution is -2.30. The molecule has 0 aliphatic heterocycles. The first kappa shape index (κ1) is 18.3. The van der Waals surface area contributed by atoms with Crippen LogP contribution in [0, 0.1) is 0 Å². The van der Waals surface area contributed by atoms with Crippen LogP contribution < -0.4 is 10.6 Å². The van der Waals surface area contributed by atoms with Crippen LogP contribution in [0.1, 0.15) is 11.1 Å². The number of benzene rings is 1. The van der Waals surface area contributed by atoms with E-state index in [-0.39, 0.29) is 12.3 Å². The molecule has 1 amide bonds. The highest BCUT2D eigenvalue weighted by Gasteiger charge is 2.30. The SMILES string of the molecule is O=C(Cc1cccc(Br)c1)NCCNc1ccc(C(F)(F)F)cn1. The fourth-order valence-corrected chi connectivity index (χ4v) is 2.40. The Balaban J connectivity index is 1.71. The van der Waals surface area contributed by atoms with Gasteiger partial charge in [0.1, 0.15) is 5.82 Å². The molecule has 0 bridgehead atoms. The van der Waals surface area contributed by atoms with E-state index >= 15 is 0 Å². The van der Waals surface area contributed by atoms with E-state index in [1.165, 1.54) is 6.07 Å². The number of aromatic nitrogens is 1. The minimum Gasteiger partial charge on any atom is -0.368 e. The fraction of sp³-hybridized carbons (Fsp3) is 0.250. The van der Waals surface area contributed by atoms with Gasteiger partial charge >= 0.3 is 6.18 Å². The smallest absolute Gasteiger partial charge is 0.368 e. The predicted octanol–water partition coefficient (Wildman–Crippen LogP) is 3.63. The fourth-order valence-electron chi connectivity index (χ4n) is 1.95. The third-order valence-corrected chi connectivity index (χ3v) is 3.59. The molecule has 4 nitrogen and oxygen atoms in total. The normalized spacial score (nSPS) is 11.2. The number of rotatable bonds is 6. The summed E-state index contributed by atoms with van der Waals surface area (Å²) < 4.78 is 38.1. The highest BCUT2D eigenvalue weighted by molar-refractivity contribution is 9.10. The van der Waals surface area contributed by atoms with Crippen LogP contribution in [0.2, 0.25) is 0 Å². The van der Waals surface area contributed by atoms with Gasteiger partial charge < -0.3 is 10.6 Å². The third kappa shape index (κ3) is 5.84. The van der Waals surface area contributed by atoms with E-state index < -0.39 is 11.7 Å². The van der Waals surface area contributed by atoms with Crippen LogP contribution in [0.4, 0.5) is 19.0 Å². The van der Waals surface area contributed by atoms with Crippen LogP contribution in [0.15, 0.2) is 47.1 Å². The van der Waals surface area contributed by atoms with E-state index in [1.54, 1.807) is 0 Å². The zero-order valence-electron chi connectivity index (χ0n) is 12.5. The molecule has 0 atom stereocenters. The molecule has 2 rings (SSSR count). The van der Waals surface area contributed by atoms with Gasteiger partial charge in [0.25, 0.3) is 0 Å². The van der Waals surface area contributed by atoms with Crippen LogP contribution in [-0.4, -0.2) is 24.0 Å².